The molecule has 23 heavy (non-hydrogen) atoms. The van der Waals surface area contributed by atoms with Crippen molar-refractivity contribution in [1.82, 2.24) is 20.3 Å². The number of ether oxygens (including phenoxy) is 1. The average Bonchev–Trinajstić information content (AvgIpc) is 3.15. The first kappa shape index (κ1) is 15.5. The number of nitrogens with zero attached hydrogens (tertiary/aromatic N) is 3. The van der Waals surface area contributed by atoms with Gasteiger partial charge in [-0.15, -0.1) is 0 Å². The van der Waals surface area contributed by atoms with E-state index in [0.29, 0.717) is 11.6 Å². The minimum absolute atomic E-state index is 0.0210. The van der Waals surface area contributed by atoms with Crippen LogP contribution in [0.4, 0.5) is 0 Å². The van der Waals surface area contributed by atoms with E-state index >= 15 is 0 Å². The third-order valence-electron chi connectivity index (χ3n) is 4.54. The fraction of sp³-hybridized carbons (Fsp3) is 0.471. The van der Waals surface area contributed by atoms with Crippen molar-refractivity contribution in [3.05, 3.63) is 41.7 Å². The van der Waals surface area contributed by atoms with Gasteiger partial charge in [0.1, 0.15) is 5.75 Å². The number of hydrogen-bond donors (Lipinski definition) is 1. The Morgan fingerprint density at radius 3 is 2.65 bits per heavy atom. The van der Waals surface area contributed by atoms with Gasteiger partial charge in [-0.2, -0.15) is 15.4 Å². The highest BCUT2D eigenvalue weighted by molar-refractivity contribution is 5.91. The summed E-state index contributed by atoms with van der Waals surface area (Å²) in [5, 5.41) is 10.0. The summed E-state index contributed by atoms with van der Waals surface area (Å²) in [6.45, 7) is 1.61. The van der Waals surface area contributed by atoms with Gasteiger partial charge < -0.3 is 9.64 Å². The van der Waals surface area contributed by atoms with Crippen LogP contribution in [-0.4, -0.2) is 46.4 Å². The first-order valence-corrected chi connectivity index (χ1v) is 8.04. The molecule has 0 saturated carbocycles. The Morgan fingerprint density at radius 2 is 2.04 bits per heavy atom. The Morgan fingerprint density at radius 1 is 1.30 bits per heavy atom. The van der Waals surface area contributed by atoms with E-state index in [1.165, 1.54) is 11.8 Å². The SMILES string of the molecule is COc1ccc(CCC2CCN(C(=O)c3cn[nH]n3)CC2)cc1. The van der Waals surface area contributed by atoms with Crippen molar-refractivity contribution in [1.29, 1.82) is 0 Å². The highest BCUT2D eigenvalue weighted by atomic mass is 16.5. The van der Waals surface area contributed by atoms with Crippen LogP contribution in [0, 0.1) is 5.92 Å². The predicted octanol–water partition coefficient (Wildman–Crippen LogP) is 2.30. The van der Waals surface area contributed by atoms with Crippen LogP contribution in [-0.2, 0) is 6.42 Å². The van der Waals surface area contributed by atoms with Gasteiger partial charge >= 0.3 is 0 Å². The van der Waals surface area contributed by atoms with E-state index < -0.39 is 0 Å². The van der Waals surface area contributed by atoms with Gasteiger partial charge in [-0.3, -0.25) is 4.79 Å². The summed E-state index contributed by atoms with van der Waals surface area (Å²) in [6, 6.07) is 8.27. The van der Waals surface area contributed by atoms with Crippen LogP contribution in [0.25, 0.3) is 0 Å². The Bertz CT molecular complexity index is 617. The number of aromatic nitrogens is 3. The zero-order valence-corrected chi connectivity index (χ0v) is 13.4. The summed E-state index contributed by atoms with van der Waals surface area (Å²) >= 11 is 0. The molecule has 0 radical (unpaired) electrons. The summed E-state index contributed by atoms with van der Waals surface area (Å²) in [7, 11) is 1.68. The fourth-order valence-electron chi connectivity index (χ4n) is 3.05. The lowest BCUT2D eigenvalue weighted by Crippen LogP contribution is -2.38. The number of hydrogen-bond acceptors (Lipinski definition) is 4. The Hall–Kier alpha value is -2.37. The molecule has 3 rings (SSSR count). The number of carbonyl (C=O) groups is 1. The summed E-state index contributed by atoms with van der Waals surface area (Å²) in [4.78, 5) is 14.1. The number of likely N-dealkylation sites (tertiary alicyclic amines) is 1. The number of methoxy groups -OCH3 is 1. The molecule has 122 valence electrons. The minimum Gasteiger partial charge on any atom is -0.497 e. The number of aryl methyl sites for hydroxylation is 1. The standard InChI is InChI=1S/C17H22N4O2/c1-23-15-6-4-13(5-7-15)2-3-14-8-10-21(11-9-14)17(22)16-12-18-20-19-16/h4-7,12,14H,2-3,8-11H2,1H3,(H,18,19,20). The maximum atomic E-state index is 12.2. The first-order chi connectivity index (χ1) is 11.3. The Balaban J connectivity index is 1.44. The quantitative estimate of drug-likeness (QED) is 0.919. The molecule has 2 aromatic rings. The number of H-pyrrole nitrogens is 1. The van der Waals surface area contributed by atoms with Gasteiger partial charge in [-0.05, 0) is 49.3 Å². The molecule has 0 aliphatic carbocycles. The molecule has 1 saturated heterocycles. The van der Waals surface area contributed by atoms with Crippen molar-refractivity contribution in [2.24, 2.45) is 5.92 Å². The van der Waals surface area contributed by atoms with Crippen molar-refractivity contribution < 1.29 is 9.53 Å². The van der Waals surface area contributed by atoms with E-state index in [4.69, 9.17) is 4.74 Å². The molecule has 1 aliphatic heterocycles. The van der Waals surface area contributed by atoms with Crippen molar-refractivity contribution >= 4 is 5.91 Å². The summed E-state index contributed by atoms with van der Waals surface area (Å²) in [5.41, 5.74) is 1.74. The lowest BCUT2D eigenvalue weighted by atomic mass is 9.90. The number of benzene rings is 1. The van der Waals surface area contributed by atoms with Gasteiger partial charge in [0.2, 0.25) is 0 Å². The molecule has 1 amide bonds. The lowest BCUT2D eigenvalue weighted by molar-refractivity contribution is 0.0681. The molecule has 1 fully saturated rings. The highest BCUT2D eigenvalue weighted by Crippen LogP contribution is 2.23. The van der Waals surface area contributed by atoms with E-state index in [9.17, 15) is 4.79 Å². The van der Waals surface area contributed by atoms with Gasteiger partial charge in [0, 0.05) is 13.1 Å². The number of amides is 1. The van der Waals surface area contributed by atoms with Crippen molar-refractivity contribution in [3.8, 4) is 5.75 Å². The normalized spacial score (nSPS) is 15.6. The minimum atomic E-state index is -0.0210. The molecule has 1 aliphatic rings. The van der Waals surface area contributed by atoms with Gasteiger partial charge in [0.15, 0.2) is 5.69 Å². The molecular formula is C17H22N4O2. The lowest BCUT2D eigenvalue weighted by Gasteiger charge is -2.31. The number of carbonyl (C=O) groups excluding carboxylic acids is 1. The second kappa shape index (κ2) is 7.26. The average molecular weight is 314 g/mol. The van der Waals surface area contributed by atoms with Crippen LogP contribution in [0.2, 0.25) is 0 Å². The topological polar surface area (TPSA) is 71.1 Å². The molecule has 0 atom stereocenters. The van der Waals surface area contributed by atoms with E-state index in [1.807, 2.05) is 17.0 Å². The van der Waals surface area contributed by atoms with Crippen molar-refractivity contribution in [2.75, 3.05) is 20.2 Å². The van der Waals surface area contributed by atoms with Crippen LogP contribution in [0.1, 0.15) is 35.3 Å². The maximum Gasteiger partial charge on any atom is 0.276 e. The van der Waals surface area contributed by atoms with Crippen molar-refractivity contribution in [2.45, 2.75) is 25.7 Å². The zero-order chi connectivity index (χ0) is 16.1. The fourth-order valence-corrected chi connectivity index (χ4v) is 3.05. The Labute approximate surface area is 135 Å². The first-order valence-electron chi connectivity index (χ1n) is 8.04. The molecule has 1 aromatic carbocycles. The summed E-state index contributed by atoms with van der Waals surface area (Å²) in [6.07, 6.45) is 5.84. The predicted molar refractivity (Wildman–Crippen MR) is 86.3 cm³/mol. The van der Waals surface area contributed by atoms with Crippen LogP contribution in [0.15, 0.2) is 30.5 Å². The number of aromatic amines is 1. The molecule has 0 bridgehead atoms. The number of rotatable bonds is 5. The second-order valence-corrected chi connectivity index (χ2v) is 5.98. The summed E-state index contributed by atoms with van der Waals surface area (Å²) < 4.78 is 5.18. The van der Waals surface area contributed by atoms with Crippen LogP contribution in [0.5, 0.6) is 5.75 Å². The molecule has 0 unspecified atom stereocenters. The third kappa shape index (κ3) is 3.88. The van der Waals surface area contributed by atoms with Crippen LogP contribution >= 0.6 is 0 Å². The molecule has 2 heterocycles. The summed E-state index contributed by atoms with van der Waals surface area (Å²) in [5.74, 6) is 1.55. The molecule has 0 spiro atoms. The van der Waals surface area contributed by atoms with Crippen LogP contribution in [0.3, 0.4) is 0 Å². The van der Waals surface area contributed by atoms with E-state index in [-0.39, 0.29) is 5.91 Å². The Kier molecular flexibility index (Phi) is 4.90. The maximum absolute atomic E-state index is 12.2. The number of piperidine rings is 1. The van der Waals surface area contributed by atoms with Gasteiger partial charge in [0.05, 0.1) is 13.3 Å². The second-order valence-electron chi connectivity index (χ2n) is 5.98. The monoisotopic (exact) mass is 314 g/mol. The number of nitrogens with one attached hydrogen (secondary N) is 1. The van der Waals surface area contributed by atoms with E-state index in [2.05, 4.69) is 27.5 Å². The van der Waals surface area contributed by atoms with E-state index in [1.54, 1.807) is 7.11 Å². The van der Waals surface area contributed by atoms with Crippen LogP contribution < -0.4 is 4.74 Å². The zero-order valence-electron chi connectivity index (χ0n) is 13.4. The van der Waals surface area contributed by atoms with Gasteiger partial charge in [-0.25, -0.2) is 0 Å². The smallest absolute Gasteiger partial charge is 0.276 e. The van der Waals surface area contributed by atoms with Gasteiger partial charge in [0.25, 0.3) is 5.91 Å². The van der Waals surface area contributed by atoms with Crippen molar-refractivity contribution in [3.63, 3.8) is 0 Å². The largest absolute Gasteiger partial charge is 0.497 e. The van der Waals surface area contributed by atoms with Gasteiger partial charge in [-0.1, -0.05) is 12.1 Å². The van der Waals surface area contributed by atoms with E-state index in [0.717, 1.165) is 44.5 Å². The molecule has 1 N–H and O–H groups in total. The molecular weight excluding hydrogens is 292 g/mol. The molecule has 1 aromatic heterocycles. The molecule has 6 nitrogen and oxygen atoms in total. The molecule has 6 heteroatoms. The highest BCUT2D eigenvalue weighted by Gasteiger charge is 2.24. The third-order valence-corrected chi connectivity index (χ3v) is 4.54.